The van der Waals surface area contributed by atoms with Crippen LogP contribution >= 0.6 is 0 Å². The molecule has 0 saturated carbocycles. The molecule has 0 atom stereocenters. The highest BCUT2D eigenvalue weighted by Gasteiger charge is 2.20. The van der Waals surface area contributed by atoms with E-state index < -0.39 is 10.2 Å². The van der Waals surface area contributed by atoms with Crippen molar-refractivity contribution in [1.29, 1.82) is 0 Å². The zero-order valence-electron chi connectivity index (χ0n) is 8.28. The van der Waals surface area contributed by atoms with Crippen molar-refractivity contribution >= 4 is 10.2 Å². The van der Waals surface area contributed by atoms with Gasteiger partial charge in [-0.05, 0) is 0 Å². The van der Waals surface area contributed by atoms with Gasteiger partial charge in [-0.15, -0.1) is 13.2 Å². The molecule has 0 bridgehead atoms. The van der Waals surface area contributed by atoms with Gasteiger partial charge >= 0.3 is 10.2 Å². The summed E-state index contributed by atoms with van der Waals surface area (Å²) in [5.41, 5.74) is 0. The van der Waals surface area contributed by atoms with Crippen molar-refractivity contribution in [3.8, 4) is 0 Å². The van der Waals surface area contributed by atoms with Crippen LogP contribution in [0.3, 0.4) is 0 Å². The minimum atomic E-state index is -3.54. The lowest BCUT2D eigenvalue weighted by Gasteiger charge is -2.18. The first-order chi connectivity index (χ1) is 7.12. The van der Waals surface area contributed by atoms with Crippen LogP contribution in [0.5, 0.6) is 0 Å². The molecule has 15 heavy (non-hydrogen) atoms. The van der Waals surface area contributed by atoms with Crippen LogP contribution in [0.1, 0.15) is 0 Å². The van der Waals surface area contributed by atoms with Crippen LogP contribution in [0, 0.1) is 0 Å². The lowest BCUT2D eigenvalue weighted by atomic mass is 10.5. The summed E-state index contributed by atoms with van der Waals surface area (Å²) in [7, 11) is -3.54. The second-order valence-electron chi connectivity index (χ2n) is 2.79. The van der Waals surface area contributed by atoms with E-state index in [-0.39, 0.29) is 13.1 Å². The second kappa shape index (κ2) is 4.90. The first-order valence-corrected chi connectivity index (χ1v) is 5.73. The molecule has 0 unspecified atom stereocenters. The molecule has 1 heterocycles. The maximum absolute atomic E-state index is 11.9. The van der Waals surface area contributed by atoms with Gasteiger partial charge in [0.2, 0.25) is 0 Å². The zero-order chi connectivity index (χ0) is 11.3. The van der Waals surface area contributed by atoms with E-state index in [0.29, 0.717) is 0 Å². The Kier molecular flexibility index (Phi) is 3.81. The van der Waals surface area contributed by atoms with Crippen molar-refractivity contribution in [1.82, 2.24) is 13.3 Å². The fourth-order valence-electron chi connectivity index (χ4n) is 1.07. The molecule has 82 valence electrons. The van der Waals surface area contributed by atoms with Crippen LogP contribution in [0.15, 0.2) is 44.0 Å². The molecule has 0 spiro atoms. The maximum Gasteiger partial charge on any atom is 0.309 e. The van der Waals surface area contributed by atoms with Crippen molar-refractivity contribution in [3.05, 3.63) is 44.0 Å². The number of imidazole rings is 1. The molecular formula is C9H13N3O2S. The van der Waals surface area contributed by atoms with Crippen LogP contribution in [0.25, 0.3) is 0 Å². The summed E-state index contributed by atoms with van der Waals surface area (Å²) in [6.07, 6.45) is 7.09. The Labute approximate surface area is 89.5 Å². The monoisotopic (exact) mass is 227 g/mol. The van der Waals surface area contributed by atoms with Crippen LogP contribution in [0.4, 0.5) is 0 Å². The van der Waals surface area contributed by atoms with Crippen molar-refractivity contribution < 1.29 is 8.42 Å². The van der Waals surface area contributed by atoms with Gasteiger partial charge in [-0.1, -0.05) is 12.2 Å². The Morgan fingerprint density at radius 1 is 1.33 bits per heavy atom. The molecule has 0 aliphatic carbocycles. The third kappa shape index (κ3) is 2.54. The van der Waals surface area contributed by atoms with Crippen molar-refractivity contribution in [2.75, 3.05) is 13.1 Å². The van der Waals surface area contributed by atoms with Gasteiger partial charge in [-0.3, -0.25) is 0 Å². The number of aromatic nitrogens is 2. The first kappa shape index (κ1) is 11.7. The van der Waals surface area contributed by atoms with E-state index >= 15 is 0 Å². The van der Waals surface area contributed by atoms with Gasteiger partial charge in [0.05, 0.1) is 0 Å². The van der Waals surface area contributed by atoms with Crippen molar-refractivity contribution in [2.45, 2.75) is 0 Å². The second-order valence-corrected chi connectivity index (χ2v) is 4.63. The Morgan fingerprint density at radius 2 is 1.93 bits per heavy atom. The first-order valence-electron chi connectivity index (χ1n) is 4.33. The highest BCUT2D eigenvalue weighted by molar-refractivity contribution is 7.87. The molecule has 6 heteroatoms. The molecule has 0 amide bonds. The van der Waals surface area contributed by atoms with Crippen LogP contribution in [0.2, 0.25) is 0 Å². The summed E-state index contributed by atoms with van der Waals surface area (Å²) in [4.78, 5) is 3.70. The minimum Gasteiger partial charge on any atom is -0.244 e. The van der Waals surface area contributed by atoms with Crippen molar-refractivity contribution in [3.63, 3.8) is 0 Å². The van der Waals surface area contributed by atoms with E-state index in [2.05, 4.69) is 18.1 Å². The van der Waals surface area contributed by atoms with Crippen LogP contribution < -0.4 is 0 Å². The van der Waals surface area contributed by atoms with E-state index in [9.17, 15) is 8.42 Å². The molecule has 0 aliphatic rings. The average Bonchev–Trinajstić information content (AvgIpc) is 2.70. The molecule has 0 aliphatic heterocycles. The molecule has 0 saturated heterocycles. The summed E-state index contributed by atoms with van der Waals surface area (Å²) in [6.45, 7) is 7.51. The maximum atomic E-state index is 11.9. The fourth-order valence-corrected chi connectivity index (χ4v) is 2.30. The van der Waals surface area contributed by atoms with E-state index in [1.807, 2.05) is 0 Å². The standard InChI is InChI=1S/C9H13N3O2S/c1-3-6-11(7-4-2)15(13,14)12-8-5-10-9-12/h3-5,8-9H,1-2,6-7H2. The molecule has 0 fully saturated rings. The highest BCUT2D eigenvalue weighted by atomic mass is 32.2. The summed E-state index contributed by atoms with van der Waals surface area (Å²) < 4.78 is 26.2. The zero-order valence-corrected chi connectivity index (χ0v) is 9.10. The summed E-state index contributed by atoms with van der Waals surface area (Å²) in [5, 5.41) is 0. The topological polar surface area (TPSA) is 55.2 Å². The molecule has 0 radical (unpaired) electrons. The van der Waals surface area contributed by atoms with Crippen LogP contribution in [-0.2, 0) is 10.2 Å². The molecule has 5 nitrogen and oxygen atoms in total. The largest absolute Gasteiger partial charge is 0.309 e. The van der Waals surface area contributed by atoms with E-state index in [1.165, 1.54) is 35.2 Å². The van der Waals surface area contributed by atoms with Crippen LogP contribution in [-0.4, -0.2) is 34.8 Å². The normalized spacial score (nSPS) is 11.5. The number of nitrogens with zero attached hydrogens (tertiary/aromatic N) is 3. The van der Waals surface area contributed by atoms with E-state index in [1.54, 1.807) is 0 Å². The van der Waals surface area contributed by atoms with Gasteiger partial charge in [0.15, 0.2) is 0 Å². The fraction of sp³-hybridized carbons (Fsp3) is 0.222. The van der Waals surface area contributed by atoms with Gasteiger partial charge < -0.3 is 0 Å². The van der Waals surface area contributed by atoms with Crippen molar-refractivity contribution in [2.24, 2.45) is 0 Å². The minimum absolute atomic E-state index is 0.243. The highest BCUT2D eigenvalue weighted by Crippen LogP contribution is 2.04. The molecule has 0 N–H and O–H groups in total. The lowest BCUT2D eigenvalue weighted by Crippen LogP contribution is -2.35. The van der Waals surface area contributed by atoms with Gasteiger partial charge in [-0.2, -0.15) is 12.7 Å². The number of hydrogen-bond acceptors (Lipinski definition) is 3. The summed E-state index contributed by atoms with van der Waals surface area (Å²) in [5.74, 6) is 0. The quantitative estimate of drug-likeness (QED) is 0.670. The molecule has 1 aromatic heterocycles. The SMILES string of the molecule is C=CCN(CC=C)S(=O)(=O)n1ccnc1. The average molecular weight is 227 g/mol. The smallest absolute Gasteiger partial charge is 0.244 e. The van der Waals surface area contributed by atoms with Gasteiger partial charge in [0, 0.05) is 25.5 Å². The molecule has 1 rings (SSSR count). The van der Waals surface area contributed by atoms with Gasteiger partial charge in [-0.25, -0.2) is 8.96 Å². The Bertz CT molecular complexity index is 412. The summed E-state index contributed by atoms with van der Waals surface area (Å²) in [6, 6.07) is 0. The number of hydrogen-bond donors (Lipinski definition) is 0. The predicted molar refractivity (Wildman–Crippen MR) is 58.5 cm³/mol. The van der Waals surface area contributed by atoms with E-state index in [0.717, 1.165) is 3.97 Å². The Balaban J connectivity index is 3.01. The Hall–Kier alpha value is -1.40. The van der Waals surface area contributed by atoms with E-state index in [4.69, 9.17) is 0 Å². The third-order valence-corrected chi connectivity index (χ3v) is 3.44. The molecule has 1 aromatic rings. The Morgan fingerprint density at radius 3 is 2.33 bits per heavy atom. The van der Waals surface area contributed by atoms with Gasteiger partial charge in [0.1, 0.15) is 6.33 Å². The van der Waals surface area contributed by atoms with Gasteiger partial charge in [0.25, 0.3) is 0 Å². The summed E-state index contributed by atoms with van der Waals surface area (Å²) >= 11 is 0. The number of rotatable bonds is 6. The molecular weight excluding hydrogens is 214 g/mol. The predicted octanol–water partition coefficient (Wildman–Crippen LogP) is 0.650. The lowest BCUT2D eigenvalue weighted by molar-refractivity contribution is 0.466. The molecule has 0 aromatic carbocycles. The third-order valence-electron chi connectivity index (χ3n) is 1.74.